The van der Waals surface area contributed by atoms with Crippen LogP contribution < -0.4 is 0 Å². The van der Waals surface area contributed by atoms with Gasteiger partial charge >= 0.3 is 0 Å². The molecule has 1 aliphatic carbocycles. The Kier molecular flexibility index (Phi) is 7.12. The van der Waals surface area contributed by atoms with Crippen LogP contribution in [0.15, 0.2) is 24.3 Å². The van der Waals surface area contributed by atoms with Crippen molar-refractivity contribution in [2.45, 2.75) is 96.0 Å². The molecule has 1 saturated heterocycles. The third kappa shape index (κ3) is 4.96. The van der Waals surface area contributed by atoms with Crippen molar-refractivity contribution in [3.8, 4) is 0 Å². The number of likely N-dealkylation sites (tertiary alicyclic amines) is 1. The number of hydrogen-bond acceptors (Lipinski definition) is 3. The van der Waals surface area contributed by atoms with E-state index in [1.165, 1.54) is 9.58 Å². The number of fused-ring (bicyclic) bond motifs is 1. The molecule has 1 aromatic carbocycles. The van der Waals surface area contributed by atoms with E-state index in [1.807, 2.05) is 6.07 Å². The van der Waals surface area contributed by atoms with Crippen LogP contribution in [0.4, 0.5) is 0 Å². The van der Waals surface area contributed by atoms with E-state index in [-0.39, 0.29) is 11.0 Å². The first-order valence-electron chi connectivity index (χ1n) is 12.2. The standard InChI is InChI=1S/C26H38ClNO2SSi/c1-26(2,3)32(4,5)30-20-14-12-19(13-15-20)28-16-8-9-18(25(28)29)17-23-24(27)21-10-6-7-11-22(21)31-23/h6-7,10-11,18-20H,8-9,12-17H2,1-5H3. The molecular weight excluding hydrogens is 454 g/mol. The third-order valence-corrected chi connectivity index (χ3v) is 14.2. The monoisotopic (exact) mass is 491 g/mol. The molecule has 1 unspecified atom stereocenters. The van der Waals surface area contributed by atoms with E-state index in [2.05, 4.69) is 57.0 Å². The Labute approximate surface area is 203 Å². The van der Waals surface area contributed by atoms with Gasteiger partial charge in [-0.1, -0.05) is 50.6 Å². The second-order valence-electron chi connectivity index (χ2n) is 11.2. The van der Waals surface area contributed by atoms with Gasteiger partial charge in [-0.15, -0.1) is 11.3 Å². The van der Waals surface area contributed by atoms with Gasteiger partial charge in [-0.25, -0.2) is 0 Å². The summed E-state index contributed by atoms with van der Waals surface area (Å²) < 4.78 is 7.89. The summed E-state index contributed by atoms with van der Waals surface area (Å²) in [5, 5.41) is 2.21. The predicted octanol–water partition coefficient (Wildman–Crippen LogP) is 7.67. The zero-order valence-electron chi connectivity index (χ0n) is 20.2. The van der Waals surface area contributed by atoms with E-state index < -0.39 is 8.32 Å². The van der Waals surface area contributed by atoms with Crippen LogP contribution >= 0.6 is 22.9 Å². The SMILES string of the molecule is CC(C)(C)[Si](C)(C)OC1CCC(N2CCCC(Cc3sc4ccccc4c3Cl)C2=O)CC1. The summed E-state index contributed by atoms with van der Waals surface area (Å²) in [4.78, 5) is 16.8. The highest BCUT2D eigenvalue weighted by molar-refractivity contribution is 7.19. The topological polar surface area (TPSA) is 29.5 Å². The number of rotatable bonds is 5. The number of piperidine rings is 1. The molecular formula is C26H38ClNO2SSi. The highest BCUT2D eigenvalue weighted by atomic mass is 35.5. The molecule has 6 heteroatoms. The number of hydrogen-bond donors (Lipinski definition) is 0. The molecule has 176 valence electrons. The van der Waals surface area contributed by atoms with Crippen LogP contribution in [0.1, 0.15) is 64.2 Å². The Balaban J connectivity index is 1.37. The van der Waals surface area contributed by atoms with E-state index in [4.69, 9.17) is 16.0 Å². The van der Waals surface area contributed by atoms with Gasteiger partial charge < -0.3 is 9.33 Å². The van der Waals surface area contributed by atoms with Crippen molar-refractivity contribution in [3.05, 3.63) is 34.2 Å². The van der Waals surface area contributed by atoms with Crippen molar-refractivity contribution >= 4 is 47.2 Å². The van der Waals surface area contributed by atoms with E-state index in [1.54, 1.807) is 11.3 Å². The minimum absolute atomic E-state index is 0.0653. The maximum atomic E-state index is 13.5. The van der Waals surface area contributed by atoms with Gasteiger partial charge in [-0.2, -0.15) is 0 Å². The minimum atomic E-state index is -1.73. The number of thiophene rings is 1. The number of carbonyl (C=O) groups excluding carboxylic acids is 1. The van der Waals surface area contributed by atoms with Crippen molar-refractivity contribution in [3.63, 3.8) is 0 Å². The molecule has 0 bridgehead atoms. The van der Waals surface area contributed by atoms with Crippen LogP contribution in [0.25, 0.3) is 10.1 Å². The van der Waals surface area contributed by atoms with E-state index >= 15 is 0 Å². The maximum absolute atomic E-state index is 13.5. The fourth-order valence-electron chi connectivity index (χ4n) is 5.02. The van der Waals surface area contributed by atoms with Crippen molar-refractivity contribution in [1.82, 2.24) is 4.90 Å². The number of carbonyl (C=O) groups is 1. The third-order valence-electron chi connectivity index (χ3n) is 7.97. The van der Waals surface area contributed by atoms with E-state index in [9.17, 15) is 4.79 Å². The quantitative estimate of drug-likeness (QED) is 0.401. The number of benzene rings is 1. The highest BCUT2D eigenvalue weighted by Gasteiger charge is 2.41. The van der Waals surface area contributed by atoms with Crippen molar-refractivity contribution in [2.75, 3.05) is 6.54 Å². The Morgan fingerprint density at radius 2 is 1.81 bits per heavy atom. The lowest BCUT2D eigenvalue weighted by atomic mass is 9.87. The Bertz CT molecular complexity index is 958. The average Bonchev–Trinajstić information content (AvgIpc) is 3.05. The molecule has 2 aromatic rings. The number of halogens is 1. The minimum Gasteiger partial charge on any atom is -0.414 e. The first kappa shape index (κ1) is 24.2. The Morgan fingerprint density at radius 3 is 2.47 bits per heavy atom. The molecule has 3 nitrogen and oxygen atoms in total. The summed E-state index contributed by atoms with van der Waals surface area (Å²) in [6.45, 7) is 12.5. The van der Waals surface area contributed by atoms with Gasteiger partial charge in [0, 0.05) is 39.6 Å². The summed E-state index contributed by atoms with van der Waals surface area (Å²) in [5.74, 6) is 0.411. The van der Waals surface area contributed by atoms with E-state index in [0.29, 0.717) is 18.1 Å². The summed E-state index contributed by atoms with van der Waals surface area (Å²) in [6, 6.07) is 8.66. The van der Waals surface area contributed by atoms with Crippen molar-refractivity contribution in [1.29, 1.82) is 0 Å². The lowest BCUT2D eigenvalue weighted by Crippen LogP contribution is -2.50. The molecule has 4 rings (SSSR count). The molecule has 0 spiro atoms. The first-order chi connectivity index (χ1) is 15.1. The Morgan fingerprint density at radius 1 is 1.12 bits per heavy atom. The van der Waals surface area contributed by atoms with Crippen molar-refractivity contribution < 1.29 is 9.22 Å². The van der Waals surface area contributed by atoms with Crippen LogP contribution in [0.5, 0.6) is 0 Å². The molecule has 1 aromatic heterocycles. The van der Waals surface area contributed by atoms with Gasteiger partial charge in [-0.3, -0.25) is 4.79 Å². The summed E-state index contributed by atoms with van der Waals surface area (Å²) in [5.41, 5.74) is 0. The highest BCUT2D eigenvalue weighted by Crippen LogP contribution is 2.41. The molecule has 32 heavy (non-hydrogen) atoms. The summed E-state index contributed by atoms with van der Waals surface area (Å²) in [6.07, 6.45) is 7.50. The largest absolute Gasteiger partial charge is 0.414 e. The fourth-order valence-corrected chi connectivity index (χ4v) is 8.03. The zero-order chi connectivity index (χ0) is 23.1. The van der Waals surface area contributed by atoms with Gasteiger partial charge in [0.2, 0.25) is 5.91 Å². The molecule has 1 saturated carbocycles. The molecule has 1 atom stereocenters. The lowest BCUT2D eigenvalue weighted by molar-refractivity contribution is -0.142. The molecule has 0 N–H and O–H groups in total. The lowest BCUT2D eigenvalue weighted by Gasteiger charge is -2.44. The zero-order valence-corrected chi connectivity index (χ0v) is 22.8. The van der Waals surface area contributed by atoms with Crippen LogP contribution in [0.2, 0.25) is 23.2 Å². The first-order valence-corrected chi connectivity index (χ1v) is 16.3. The van der Waals surface area contributed by atoms with Crippen LogP contribution in [-0.4, -0.2) is 37.8 Å². The van der Waals surface area contributed by atoms with Crippen LogP contribution in [0.3, 0.4) is 0 Å². The molecule has 2 aliphatic rings. The molecule has 1 aliphatic heterocycles. The van der Waals surface area contributed by atoms with Gasteiger partial charge in [-0.05, 0) is 69.1 Å². The average molecular weight is 492 g/mol. The second-order valence-corrected chi connectivity index (χ2v) is 17.5. The molecule has 2 heterocycles. The van der Waals surface area contributed by atoms with E-state index in [0.717, 1.165) is 61.9 Å². The van der Waals surface area contributed by atoms with Crippen molar-refractivity contribution in [2.24, 2.45) is 5.92 Å². The fraction of sp³-hybridized carbons (Fsp3) is 0.654. The van der Waals surface area contributed by atoms with Gasteiger partial charge in [0.25, 0.3) is 0 Å². The predicted molar refractivity (Wildman–Crippen MR) is 139 cm³/mol. The summed E-state index contributed by atoms with van der Waals surface area (Å²) >= 11 is 8.43. The Hall–Kier alpha value is -0.883. The number of amides is 1. The molecule has 0 radical (unpaired) electrons. The van der Waals surface area contributed by atoms with Crippen LogP contribution in [-0.2, 0) is 15.6 Å². The van der Waals surface area contributed by atoms with Crippen LogP contribution in [0, 0.1) is 5.92 Å². The summed E-state index contributed by atoms with van der Waals surface area (Å²) in [7, 11) is -1.73. The maximum Gasteiger partial charge on any atom is 0.226 e. The van der Waals surface area contributed by atoms with Gasteiger partial charge in [0.05, 0.1) is 5.02 Å². The number of nitrogens with zero attached hydrogens (tertiary/aromatic N) is 1. The molecule has 1 amide bonds. The van der Waals surface area contributed by atoms with Gasteiger partial charge in [0.15, 0.2) is 8.32 Å². The van der Waals surface area contributed by atoms with Gasteiger partial charge in [0.1, 0.15) is 0 Å². The second kappa shape index (κ2) is 9.40. The normalized spacial score (nSPS) is 25.5. The smallest absolute Gasteiger partial charge is 0.226 e. The molecule has 2 fully saturated rings.